The minimum absolute atomic E-state index is 0.261. The van der Waals surface area contributed by atoms with E-state index in [9.17, 15) is 9.59 Å². The van der Waals surface area contributed by atoms with Crippen LogP contribution in [0.4, 0.5) is 10.5 Å². The number of nitrogens with zero attached hydrogens (tertiary/aromatic N) is 2. The van der Waals surface area contributed by atoms with Crippen LogP contribution in [-0.2, 0) is 0 Å². The first kappa shape index (κ1) is 15.4. The van der Waals surface area contributed by atoms with Crippen LogP contribution >= 0.6 is 0 Å². The average Bonchev–Trinajstić information content (AvgIpc) is 3.27. The number of anilines is 1. The zero-order valence-corrected chi connectivity index (χ0v) is 14.1. The first-order chi connectivity index (χ1) is 13.2. The molecule has 7 heteroatoms. The third-order valence-electron chi connectivity index (χ3n) is 4.72. The highest BCUT2D eigenvalue weighted by atomic mass is 16.2. The van der Waals surface area contributed by atoms with Gasteiger partial charge in [0.1, 0.15) is 0 Å². The second-order valence-corrected chi connectivity index (χ2v) is 6.32. The summed E-state index contributed by atoms with van der Waals surface area (Å²) in [6.07, 6.45) is 3.31. The number of H-pyrrole nitrogens is 1. The summed E-state index contributed by atoms with van der Waals surface area (Å²) in [5, 5.41) is 5.86. The van der Waals surface area contributed by atoms with Crippen molar-refractivity contribution in [1.82, 2.24) is 19.7 Å². The van der Waals surface area contributed by atoms with Gasteiger partial charge < -0.3 is 15.6 Å². The van der Waals surface area contributed by atoms with E-state index in [0.29, 0.717) is 17.0 Å². The number of amides is 2. The Balaban J connectivity index is 1.60. The van der Waals surface area contributed by atoms with E-state index in [1.165, 1.54) is 0 Å². The molecule has 1 aliphatic carbocycles. The monoisotopic (exact) mass is 357 g/mol. The summed E-state index contributed by atoms with van der Waals surface area (Å²) in [6.45, 7) is 0. The number of carbonyl (C=O) groups excluding carboxylic acids is 1. The smallest absolute Gasteiger partial charge is 0.320 e. The van der Waals surface area contributed by atoms with Crippen LogP contribution < -0.4 is 16.2 Å². The fourth-order valence-electron chi connectivity index (χ4n) is 3.60. The minimum atomic E-state index is -0.409. The van der Waals surface area contributed by atoms with E-state index < -0.39 is 6.04 Å². The average molecular weight is 357 g/mol. The largest absolute Gasteiger partial charge is 0.325 e. The lowest BCUT2D eigenvalue weighted by Crippen LogP contribution is -2.33. The Morgan fingerprint density at radius 2 is 1.85 bits per heavy atom. The summed E-state index contributed by atoms with van der Waals surface area (Å²) in [4.78, 5) is 32.0. The number of urea groups is 1. The maximum atomic E-state index is 12.6. The van der Waals surface area contributed by atoms with Crippen LogP contribution in [0.1, 0.15) is 17.3 Å². The molecule has 5 rings (SSSR count). The lowest BCUT2D eigenvalue weighted by molar-refractivity contribution is 0.250. The molecule has 0 radical (unpaired) electrons. The molecule has 7 nitrogen and oxygen atoms in total. The number of fused-ring (bicyclic) bond motifs is 5. The van der Waals surface area contributed by atoms with Crippen molar-refractivity contribution >= 4 is 17.4 Å². The van der Waals surface area contributed by atoms with Gasteiger partial charge in [0.05, 0.1) is 17.4 Å². The molecule has 132 valence electrons. The minimum Gasteiger partial charge on any atom is -0.325 e. The first-order valence-corrected chi connectivity index (χ1v) is 8.53. The molecule has 1 unspecified atom stereocenters. The van der Waals surface area contributed by atoms with E-state index in [2.05, 4.69) is 20.6 Å². The quantitative estimate of drug-likeness (QED) is 0.515. The Labute approximate surface area is 153 Å². The molecule has 1 atom stereocenters. The summed E-state index contributed by atoms with van der Waals surface area (Å²) in [7, 11) is 0. The highest BCUT2D eigenvalue weighted by Gasteiger charge is 2.33. The molecule has 1 aliphatic rings. The van der Waals surface area contributed by atoms with Gasteiger partial charge in [-0.1, -0.05) is 42.5 Å². The topological polar surface area (TPSA) is 91.3 Å². The molecule has 2 aromatic carbocycles. The Hall–Kier alpha value is -3.87. The zero-order chi connectivity index (χ0) is 18.4. The fourth-order valence-corrected chi connectivity index (χ4v) is 3.60. The molecule has 4 aromatic rings. The van der Waals surface area contributed by atoms with Gasteiger partial charge in [-0.05, 0) is 17.7 Å². The molecule has 2 heterocycles. The highest BCUT2D eigenvalue weighted by Crippen LogP contribution is 2.41. The Morgan fingerprint density at radius 1 is 1.07 bits per heavy atom. The molecule has 27 heavy (non-hydrogen) atoms. The van der Waals surface area contributed by atoms with Gasteiger partial charge in [-0.25, -0.2) is 9.78 Å². The fraction of sp³-hybridized carbons (Fsp3) is 0.0500. The number of hydrogen-bond acceptors (Lipinski definition) is 3. The third-order valence-corrected chi connectivity index (χ3v) is 4.72. The van der Waals surface area contributed by atoms with E-state index >= 15 is 0 Å². The van der Waals surface area contributed by atoms with Crippen LogP contribution in [0.5, 0.6) is 0 Å². The first-order valence-electron chi connectivity index (χ1n) is 8.53. The number of aromatic amines is 1. The molecular formula is C20H15N5O2. The number of rotatable bonds is 2. The summed E-state index contributed by atoms with van der Waals surface area (Å²) in [6, 6.07) is 16.2. The molecule has 0 spiro atoms. The summed E-state index contributed by atoms with van der Waals surface area (Å²) < 4.78 is 1.74. The predicted octanol–water partition coefficient (Wildman–Crippen LogP) is 2.91. The molecular weight excluding hydrogens is 342 g/mol. The van der Waals surface area contributed by atoms with Crippen molar-refractivity contribution in [3.8, 4) is 11.3 Å². The van der Waals surface area contributed by atoms with Crippen molar-refractivity contribution in [1.29, 1.82) is 0 Å². The van der Waals surface area contributed by atoms with Gasteiger partial charge in [0.15, 0.2) is 0 Å². The normalized spacial score (nSPS) is 14.6. The Morgan fingerprint density at radius 3 is 2.70 bits per heavy atom. The summed E-state index contributed by atoms with van der Waals surface area (Å²) in [5.74, 6) is 0. The van der Waals surface area contributed by atoms with Crippen molar-refractivity contribution < 1.29 is 4.79 Å². The van der Waals surface area contributed by atoms with Crippen molar-refractivity contribution in [2.75, 3.05) is 5.32 Å². The maximum absolute atomic E-state index is 12.6. The van der Waals surface area contributed by atoms with Gasteiger partial charge in [-0.3, -0.25) is 9.20 Å². The Kier molecular flexibility index (Phi) is 3.33. The third kappa shape index (κ3) is 2.40. The van der Waals surface area contributed by atoms with Gasteiger partial charge in [0.2, 0.25) is 5.65 Å². The van der Waals surface area contributed by atoms with Crippen LogP contribution in [0, 0.1) is 0 Å². The van der Waals surface area contributed by atoms with E-state index in [-0.39, 0.29) is 11.6 Å². The number of carbonyl (C=O) groups is 1. The molecule has 0 saturated heterocycles. The molecule has 3 N–H and O–H groups in total. The molecule has 0 aliphatic heterocycles. The second kappa shape index (κ2) is 5.84. The molecule has 2 amide bonds. The SMILES string of the molecule is O=C(Nc1ccccc1)NC1c2ccccc2-c2[nH]c(=O)c3nccn3c21. The van der Waals surface area contributed by atoms with Crippen LogP contribution in [0.2, 0.25) is 0 Å². The molecule has 0 bridgehead atoms. The van der Waals surface area contributed by atoms with Crippen LogP contribution in [-0.4, -0.2) is 20.4 Å². The number of imidazole rings is 1. The standard InChI is InChI=1S/C20H15N5O2/c26-19-18-21-10-11-25(18)17-15(23-19)13-8-4-5-9-14(13)16(17)24-20(27)22-12-6-2-1-3-7-12/h1-11,16H,(H,23,26)(H2,22,24,27). The van der Waals surface area contributed by atoms with E-state index in [1.807, 2.05) is 54.6 Å². The highest BCUT2D eigenvalue weighted by molar-refractivity contribution is 5.91. The number of benzene rings is 2. The van der Waals surface area contributed by atoms with Gasteiger partial charge in [-0.15, -0.1) is 0 Å². The van der Waals surface area contributed by atoms with Gasteiger partial charge in [-0.2, -0.15) is 0 Å². The maximum Gasteiger partial charge on any atom is 0.320 e. The van der Waals surface area contributed by atoms with Crippen LogP contribution in [0.15, 0.2) is 71.8 Å². The zero-order valence-electron chi connectivity index (χ0n) is 14.1. The molecule has 0 saturated carbocycles. The van der Waals surface area contributed by atoms with Gasteiger partial charge in [0, 0.05) is 23.6 Å². The van der Waals surface area contributed by atoms with Crippen molar-refractivity contribution in [3.63, 3.8) is 0 Å². The summed E-state index contributed by atoms with van der Waals surface area (Å²) in [5.41, 5.74) is 4.05. The van der Waals surface area contributed by atoms with Crippen molar-refractivity contribution in [2.45, 2.75) is 6.04 Å². The Bertz CT molecular complexity index is 1230. The van der Waals surface area contributed by atoms with Crippen molar-refractivity contribution in [2.24, 2.45) is 0 Å². The van der Waals surface area contributed by atoms with E-state index in [4.69, 9.17) is 0 Å². The van der Waals surface area contributed by atoms with Crippen LogP contribution in [0.3, 0.4) is 0 Å². The van der Waals surface area contributed by atoms with Crippen LogP contribution in [0.25, 0.3) is 16.9 Å². The lowest BCUT2D eigenvalue weighted by atomic mass is 10.1. The van der Waals surface area contributed by atoms with Crippen molar-refractivity contribution in [3.05, 3.63) is 88.6 Å². The number of para-hydroxylation sites is 1. The lowest BCUT2D eigenvalue weighted by Gasteiger charge is -2.17. The number of aromatic nitrogens is 3. The van der Waals surface area contributed by atoms with E-state index in [1.54, 1.807) is 16.8 Å². The number of nitrogens with one attached hydrogen (secondary N) is 3. The van der Waals surface area contributed by atoms with Gasteiger partial charge >= 0.3 is 6.03 Å². The van der Waals surface area contributed by atoms with Gasteiger partial charge in [0.25, 0.3) is 5.56 Å². The molecule has 0 fully saturated rings. The predicted molar refractivity (Wildman–Crippen MR) is 102 cm³/mol. The molecule has 2 aromatic heterocycles. The number of hydrogen-bond donors (Lipinski definition) is 3. The second-order valence-electron chi connectivity index (χ2n) is 6.32. The van der Waals surface area contributed by atoms with E-state index in [0.717, 1.165) is 16.8 Å². The summed E-state index contributed by atoms with van der Waals surface area (Å²) >= 11 is 0.